The Balaban J connectivity index is 2.30. The van der Waals surface area contributed by atoms with Gasteiger partial charge in [-0.1, -0.05) is 52.7 Å². The summed E-state index contributed by atoms with van der Waals surface area (Å²) in [5.74, 6) is 1.28. The molecule has 25 heavy (non-hydrogen) atoms. The van der Waals surface area contributed by atoms with Gasteiger partial charge in [0.1, 0.15) is 0 Å². The third-order valence-electron chi connectivity index (χ3n) is 6.02. The fourth-order valence-corrected chi connectivity index (χ4v) is 4.91. The van der Waals surface area contributed by atoms with E-state index in [-0.39, 0.29) is 22.7 Å². The third-order valence-corrected chi connectivity index (χ3v) is 6.02. The van der Waals surface area contributed by atoms with Crippen LogP contribution < -0.4 is 9.47 Å². The van der Waals surface area contributed by atoms with Crippen LogP contribution in [0.25, 0.3) is 6.08 Å². The molecule has 0 amide bonds. The van der Waals surface area contributed by atoms with E-state index in [1.807, 2.05) is 0 Å². The summed E-state index contributed by atoms with van der Waals surface area (Å²) in [5.41, 5.74) is 5.06. The number of carbonyl (C=O) groups is 1. The number of allylic oxidation sites excluding steroid dienone is 1. The molecule has 0 bridgehead atoms. The molecule has 3 heteroatoms. The Morgan fingerprint density at radius 1 is 1.16 bits per heavy atom. The standard InChI is InChI=1S/C22H30O3/c1-13(2)16-11-15-12-17-21(4,5)9-8-10-22(17,6)18(15)20(24-7)19(16)25-14(3)23/h11-13H,8-10H2,1-7H3. The van der Waals surface area contributed by atoms with Gasteiger partial charge < -0.3 is 9.47 Å². The molecule has 0 N–H and O–H groups in total. The highest BCUT2D eigenvalue weighted by Gasteiger charge is 2.49. The van der Waals surface area contributed by atoms with Crippen LogP contribution in [0.1, 0.15) is 83.4 Å². The molecule has 1 saturated carbocycles. The molecule has 2 aliphatic carbocycles. The Morgan fingerprint density at radius 2 is 1.84 bits per heavy atom. The van der Waals surface area contributed by atoms with E-state index in [0.29, 0.717) is 5.75 Å². The van der Waals surface area contributed by atoms with Crippen molar-refractivity contribution in [3.63, 3.8) is 0 Å². The van der Waals surface area contributed by atoms with E-state index in [4.69, 9.17) is 9.47 Å². The average molecular weight is 342 g/mol. The number of hydrogen-bond acceptors (Lipinski definition) is 3. The van der Waals surface area contributed by atoms with Crippen LogP contribution in [0.5, 0.6) is 11.5 Å². The lowest BCUT2D eigenvalue weighted by atomic mass is 9.60. The van der Waals surface area contributed by atoms with Crippen LogP contribution in [-0.4, -0.2) is 13.1 Å². The van der Waals surface area contributed by atoms with Crippen molar-refractivity contribution in [1.82, 2.24) is 0 Å². The number of fused-ring (bicyclic) bond motifs is 3. The Kier molecular flexibility index (Phi) is 4.25. The maximum absolute atomic E-state index is 11.7. The maximum Gasteiger partial charge on any atom is 0.308 e. The number of methoxy groups -OCH3 is 1. The predicted octanol–water partition coefficient (Wildman–Crippen LogP) is 5.61. The second kappa shape index (κ2) is 5.89. The number of carbonyl (C=O) groups excluding carboxylic acids is 1. The van der Waals surface area contributed by atoms with Gasteiger partial charge in [-0.05, 0) is 35.8 Å². The molecular formula is C22H30O3. The monoisotopic (exact) mass is 342 g/mol. The second-order valence-electron chi connectivity index (χ2n) is 8.67. The Labute approximate surface area is 151 Å². The van der Waals surface area contributed by atoms with Gasteiger partial charge in [0.15, 0.2) is 11.5 Å². The van der Waals surface area contributed by atoms with Gasteiger partial charge in [-0.3, -0.25) is 4.79 Å². The van der Waals surface area contributed by atoms with E-state index in [1.165, 1.54) is 36.5 Å². The lowest BCUT2D eigenvalue weighted by molar-refractivity contribution is -0.132. The molecule has 1 fully saturated rings. The average Bonchev–Trinajstić information content (AvgIpc) is 2.80. The molecule has 2 aliphatic rings. The van der Waals surface area contributed by atoms with Crippen molar-refractivity contribution in [2.24, 2.45) is 5.41 Å². The summed E-state index contributed by atoms with van der Waals surface area (Å²) < 4.78 is 11.5. The van der Waals surface area contributed by atoms with Gasteiger partial charge in [-0.2, -0.15) is 0 Å². The molecule has 3 nitrogen and oxygen atoms in total. The summed E-state index contributed by atoms with van der Waals surface area (Å²) in [5, 5.41) is 0. The maximum atomic E-state index is 11.7. The predicted molar refractivity (Wildman–Crippen MR) is 101 cm³/mol. The zero-order valence-electron chi connectivity index (χ0n) is 16.6. The molecule has 0 spiro atoms. The number of ether oxygens (including phenoxy) is 2. The highest BCUT2D eigenvalue weighted by molar-refractivity contribution is 5.80. The Bertz CT molecular complexity index is 755. The number of benzene rings is 1. The number of rotatable bonds is 3. The van der Waals surface area contributed by atoms with Crippen molar-refractivity contribution >= 4 is 12.0 Å². The quantitative estimate of drug-likeness (QED) is 0.529. The molecule has 1 unspecified atom stereocenters. The van der Waals surface area contributed by atoms with Gasteiger partial charge >= 0.3 is 5.97 Å². The number of hydrogen-bond donors (Lipinski definition) is 0. The van der Waals surface area contributed by atoms with Crippen molar-refractivity contribution in [3.8, 4) is 11.5 Å². The summed E-state index contributed by atoms with van der Waals surface area (Å²) in [6.45, 7) is 12.7. The highest BCUT2D eigenvalue weighted by Crippen LogP contribution is 2.61. The van der Waals surface area contributed by atoms with Gasteiger partial charge in [0.2, 0.25) is 0 Å². The third kappa shape index (κ3) is 2.68. The van der Waals surface area contributed by atoms with Gasteiger partial charge in [-0.15, -0.1) is 0 Å². The molecular weight excluding hydrogens is 312 g/mol. The molecule has 0 aliphatic heterocycles. The molecule has 1 aromatic carbocycles. The molecule has 3 rings (SSSR count). The van der Waals surface area contributed by atoms with E-state index in [2.05, 4.69) is 46.8 Å². The van der Waals surface area contributed by atoms with Crippen LogP contribution in [0.2, 0.25) is 0 Å². The minimum Gasteiger partial charge on any atom is -0.492 e. The van der Waals surface area contributed by atoms with Crippen molar-refractivity contribution in [2.45, 2.75) is 72.1 Å². The zero-order chi connectivity index (χ0) is 18.6. The van der Waals surface area contributed by atoms with E-state index < -0.39 is 0 Å². The number of esters is 1. The molecule has 1 atom stereocenters. The fraction of sp³-hybridized carbons (Fsp3) is 0.591. The van der Waals surface area contributed by atoms with Crippen molar-refractivity contribution < 1.29 is 14.3 Å². The fourth-order valence-electron chi connectivity index (χ4n) is 4.91. The van der Waals surface area contributed by atoms with E-state index in [1.54, 1.807) is 7.11 Å². The summed E-state index contributed by atoms with van der Waals surface area (Å²) in [6.07, 6.45) is 5.86. The molecule has 0 aromatic heterocycles. The van der Waals surface area contributed by atoms with Crippen LogP contribution in [0, 0.1) is 5.41 Å². The van der Waals surface area contributed by atoms with Gasteiger partial charge in [-0.25, -0.2) is 0 Å². The minimum absolute atomic E-state index is 0.0488. The molecule has 0 saturated heterocycles. The summed E-state index contributed by atoms with van der Waals surface area (Å²) in [6, 6.07) is 2.20. The van der Waals surface area contributed by atoms with Crippen LogP contribution in [0.3, 0.4) is 0 Å². The first-order valence-electron chi connectivity index (χ1n) is 9.28. The zero-order valence-corrected chi connectivity index (χ0v) is 16.6. The normalized spacial score (nSPS) is 23.8. The molecule has 1 aromatic rings. The van der Waals surface area contributed by atoms with Crippen molar-refractivity contribution in [2.75, 3.05) is 7.11 Å². The van der Waals surface area contributed by atoms with E-state index in [0.717, 1.165) is 17.7 Å². The summed E-state index contributed by atoms with van der Waals surface area (Å²) in [7, 11) is 1.68. The van der Waals surface area contributed by atoms with Gasteiger partial charge in [0, 0.05) is 23.5 Å². The largest absolute Gasteiger partial charge is 0.492 e. The summed E-state index contributed by atoms with van der Waals surface area (Å²) in [4.78, 5) is 11.7. The van der Waals surface area contributed by atoms with Crippen LogP contribution >= 0.6 is 0 Å². The lowest BCUT2D eigenvalue weighted by Crippen LogP contribution is -2.35. The smallest absolute Gasteiger partial charge is 0.308 e. The lowest BCUT2D eigenvalue weighted by Gasteiger charge is -2.44. The van der Waals surface area contributed by atoms with E-state index >= 15 is 0 Å². The van der Waals surface area contributed by atoms with Gasteiger partial charge in [0.25, 0.3) is 0 Å². The Morgan fingerprint density at radius 3 is 2.40 bits per heavy atom. The van der Waals surface area contributed by atoms with Crippen molar-refractivity contribution in [1.29, 1.82) is 0 Å². The van der Waals surface area contributed by atoms with E-state index in [9.17, 15) is 4.79 Å². The molecule has 136 valence electrons. The van der Waals surface area contributed by atoms with Crippen molar-refractivity contribution in [3.05, 3.63) is 28.3 Å². The first-order valence-corrected chi connectivity index (χ1v) is 9.28. The highest BCUT2D eigenvalue weighted by atomic mass is 16.6. The minimum atomic E-state index is -0.305. The van der Waals surface area contributed by atoms with Crippen LogP contribution in [0.4, 0.5) is 0 Å². The first kappa shape index (κ1) is 18.0. The summed E-state index contributed by atoms with van der Waals surface area (Å²) >= 11 is 0. The van der Waals surface area contributed by atoms with Crippen LogP contribution in [-0.2, 0) is 10.2 Å². The van der Waals surface area contributed by atoms with Gasteiger partial charge in [0.05, 0.1) is 7.11 Å². The first-order chi connectivity index (χ1) is 11.6. The molecule has 0 radical (unpaired) electrons. The topological polar surface area (TPSA) is 35.5 Å². The molecule has 0 heterocycles. The Hall–Kier alpha value is -1.77. The van der Waals surface area contributed by atoms with Crippen LogP contribution in [0.15, 0.2) is 11.6 Å². The SMILES string of the molecule is COc1c(OC(C)=O)c(C(C)C)cc2c1C1(C)CCCC(C)(C)C1=C2. The second-order valence-corrected chi connectivity index (χ2v) is 8.67.